The Morgan fingerprint density at radius 2 is 2.06 bits per heavy atom. The van der Waals surface area contributed by atoms with Gasteiger partial charge in [-0.2, -0.15) is 11.8 Å². The lowest BCUT2D eigenvalue weighted by atomic mass is 10.3. The van der Waals surface area contributed by atoms with Gasteiger partial charge in [0.15, 0.2) is 0 Å². The van der Waals surface area contributed by atoms with Gasteiger partial charge in [0.2, 0.25) is 0 Å². The van der Waals surface area contributed by atoms with E-state index in [0.29, 0.717) is 5.69 Å². The van der Waals surface area contributed by atoms with Gasteiger partial charge < -0.3 is 16.4 Å². The van der Waals surface area contributed by atoms with Crippen LogP contribution in [0.2, 0.25) is 0 Å². The number of benzene rings is 1. The number of nitrogens with two attached hydrogens (primary N) is 1. The molecule has 17 heavy (non-hydrogen) atoms. The number of thioether (sulfide) groups is 1. The normalized spacial score (nSPS) is 11.9. The topological polar surface area (TPSA) is 67.2 Å². The van der Waals surface area contributed by atoms with Gasteiger partial charge in [0.25, 0.3) is 0 Å². The van der Waals surface area contributed by atoms with Crippen LogP contribution in [0.3, 0.4) is 0 Å². The minimum Gasteiger partial charge on any atom is -0.399 e. The fraction of sp³-hybridized carbons (Fsp3) is 0.417. The zero-order valence-electron chi connectivity index (χ0n) is 10.2. The number of anilines is 2. The van der Waals surface area contributed by atoms with Gasteiger partial charge in [-0.3, -0.25) is 0 Å². The minimum atomic E-state index is -0.182. The van der Waals surface area contributed by atoms with E-state index in [1.807, 2.05) is 18.7 Å². The van der Waals surface area contributed by atoms with Crippen LogP contribution in [0, 0.1) is 0 Å². The van der Waals surface area contributed by atoms with Gasteiger partial charge in [-0.25, -0.2) is 4.79 Å². The summed E-state index contributed by atoms with van der Waals surface area (Å²) in [5.74, 6) is 1.98. The third kappa shape index (κ3) is 5.49. The van der Waals surface area contributed by atoms with Gasteiger partial charge in [0, 0.05) is 23.2 Å². The maximum atomic E-state index is 11.6. The van der Waals surface area contributed by atoms with Crippen LogP contribution in [0.1, 0.15) is 13.8 Å². The molecule has 1 aromatic carbocycles. The number of amides is 2. The summed E-state index contributed by atoms with van der Waals surface area (Å²) in [6.07, 6.45) is 0. The van der Waals surface area contributed by atoms with E-state index in [2.05, 4.69) is 17.6 Å². The molecule has 1 unspecified atom stereocenters. The number of carbonyl (C=O) groups excluding carboxylic acids is 1. The Kier molecular flexibility index (Phi) is 5.69. The highest BCUT2D eigenvalue weighted by Crippen LogP contribution is 2.10. The summed E-state index contributed by atoms with van der Waals surface area (Å²) in [6, 6.07) is 7.05. The number of nitrogen functional groups attached to an aromatic ring is 1. The summed E-state index contributed by atoms with van der Waals surface area (Å²) in [5.41, 5.74) is 6.99. The molecular formula is C12H19N3OS. The predicted octanol–water partition coefficient (Wildman–Crippen LogP) is 2.53. The predicted molar refractivity (Wildman–Crippen MR) is 75.5 cm³/mol. The molecule has 1 aromatic rings. The van der Waals surface area contributed by atoms with Crippen molar-refractivity contribution in [2.24, 2.45) is 0 Å². The SMILES string of the molecule is CCSCC(C)NC(=O)Nc1ccc(N)cc1. The molecule has 0 spiro atoms. The zero-order valence-corrected chi connectivity index (χ0v) is 11.0. The molecule has 94 valence electrons. The highest BCUT2D eigenvalue weighted by atomic mass is 32.2. The summed E-state index contributed by atoms with van der Waals surface area (Å²) in [7, 11) is 0. The molecule has 0 fully saturated rings. The van der Waals surface area contributed by atoms with Crippen molar-refractivity contribution in [3.05, 3.63) is 24.3 Å². The van der Waals surface area contributed by atoms with Crippen LogP contribution in [0.4, 0.5) is 16.2 Å². The number of rotatable bonds is 5. The van der Waals surface area contributed by atoms with Gasteiger partial charge in [-0.15, -0.1) is 0 Å². The minimum absolute atomic E-state index is 0.161. The lowest BCUT2D eigenvalue weighted by molar-refractivity contribution is 0.250. The molecule has 4 N–H and O–H groups in total. The van der Waals surface area contributed by atoms with Crippen molar-refractivity contribution < 1.29 is 4.79 Å². The van der Waals surface area contributed by atoms with Gasteiger partial charge in [0.05, 0.1) is 0 Å². The second-order valence-corrected chi connectivity index (χ2v) is 5.10. The van der Waals surface area contributed by atoms with E-state index in [0.717, 1.165) is 17.2 Å². The van der Waals surface area contributed by atoms with E-state index in [1.54, 1.807) is 24.3 Å². The van der Waals surface area contributed by atoms with Gasteiger partial charge in [0.1, 0.15) is 0 Å². The van der Waals surface area contributed by atoms with Crippen molar-refractivity contribution in [3.63, 3.8) is 0 Å². The zero-order chi connectivity index (χ0) is 12.7. The third-order valence-corrected chi connectivity index (χ3v) is 3.26. The molecule has 1 atom stereocenters. The molecule has 0 aromatic heterocycles. The number of hydrogen-bond acceptors (Lipinski definition) is 3. The van der Waals surface area contributed by atoms with E-state index in [9.17, 15) is 4.79 Å². The Hall–Kier alpha value is -1.36. The summed E-state index contributed by atoms with van der Waals surface area (Å²) >= 11 is 1.81. The van der Waals surface area contributed by atoms with Crippen molar-refractivity contribution in [1.82, 2.24) is 5.32 Å². The second-order valence-electron chi connectivity index (χ2n) is 3.78. The van der Waals surface area contributed by atoms with Crippen LogP contribution in [0.25, 0.3) is 0 Å². The van der Waals surface area contributed by atoms with Crippen LogP contribution >= 0.6 is 11.8 Å². The summed E-state index contributed by atoms with van der Waals surface area (Å²) in [5, 5.41) is 5.64. The largest absolute Gasteiger partial charge is 0.399 e. The molecule has 0 heterocycles. The number of urea groups is 1. The maximum Gasteiger partial charge on any atom is 0.319 e. The number of hydrogen-bond donors (Lipinski definition) is 3. The van der Waals surface area contributed by atoms with Crippen molar-refractivity contribution in [1.29, 1.82) is 0 Å². The third-order valence-electron chi connectivity index (χ3n) is 2.12. The lowest BCUT2D eigenvalue weighted by Gasteiger charge is -2.14. The summed E-state index contributed by atoms with van der Waals surface area (Å²) in [4.78, 5) is 11.6. The first-order valence-corrected chi connectivity index (χ1v) is 6.78. The van der Waals surface area contributed by atoms with Crippen LogP contribution in [0.5, 0.6) is 0 Å². The summed E-state index contributed by atoms with van der Waals surface area (Å²) < 4.78 is 0. The molecule has 0 aliphatic heterocycles. The van der Waals surface area contributed by atoms with Gasteiger partial charge in [-0.05, 0) is 36.9 Å². The van der Waals surface area contributed by atoms with E-state index < -0.39 is 0 Å². The van der Waals surface area contributed by atoms with E-state index in [4.69, 9.17) is 5.73 Å². The Balaban J connectivity index is 2.36. The van der Waals surface area contributed by atoms with Crippen LogP contribution in [-0.4, -0.2) is 23.6 Å². The molecule has 0 aliphatic rings. The Labute approximate surface area is 106 Å². The first-order valence-electron chi connectivity index (χ1n) is 5.62. The number of nitrogens with one attached hydrogen (secondary N) is 2. The van der Waals surface area contributed by atoms with E-state index in [-0.39, 0.29) is 12.1 Å². The maximum absolute atomic E-state index is 11.6. The fourth-order valence-electron chi connectivity index (χ4n) is 1.29. The van der Waals surface area contributed by atoms with Crippen molar-refractivity contribution in [2.45, 2.75) is 19.9 Å². The molecule has 2 amide bonds. The molecule has 0 saturated heterocycles. The second kappa shape index (κ2) is 7.06. The highest BCUT2D eigenvalue weighted by Gasteiger charge is 2.06. The smallest absolute Gasteiger partial charge is 0.319 e. The first-order chi connectivity index (χ1) is 8.11. The molecular weight excluding hydrogens is 234 g/mol. The van der Waals surface area contributed by atoms with Gasteiger partial charge in [-0.1, -0.05) is 6.92 Å². The number of carbonyl (C=O) groups is 1. The van der Waals surface area contributed by atoms with E-state index >= 15 is 0 Å². The standard InChI is InChI=1S/C12H19N3OS/c1-3-17-8-9(2)14-12(16)15-11-6-4-10(13)5-7-11/h4-7,9H,3,8,13H2,1-2H3,(H2,14,15,16). The molecule has 4 nitrogen and oxygen atoms in total. The fourth-order valence-corrected chi connectivity index (χ4v) is 1.97. The van der Waals surface area contributed by atoms with E-state index in [1.165, 1.54) is 0 Å². The molecule has 1 rings (SSSR count). The monoisotopic (exact) mass is 253 g/mol. The van der Waals surface area contributed by atoms with Crippen molar-refractivity contribution in [2.75, 3.05) is 22.6 Å². The average molecular weight is 253 g/mol. The highest BCUT2D eigenvalue weighted by molar-refractivity contribution is 7.99. The summed E-state index contributed by atoms with van der Waals surface area (Å²) in [6.45, 7) is 4.09. The van der Waals surface area contributed by atoms with Crippen molar-refractivity contribution in [3.8, 4) is 0 Å². The molecule has 0 radical (unpaired) electrons. The van der Waals surface area contributed by atoms with Crippen molar-refractivity contribution >= 4 is 29.2 Å². The lowest BCUT2D eigenvalue weighted by Crippen LogP contribution is -2.37. The average Bonchev–Trinajstić information content (AvgIpc) is 2.29. The Bertz CT molecular complexity index is 353. The Morgan fingerprint density at radius 3 is 2.65 bits per heavy atom. The van der Waals surface area contributed by atoms with Gasteiger partial charge >= 0.3 is 6.03 Å². The quantitative estimate of drug-likeness (QED) is 0.706. The molecule has 5 heteroatoms. The molecule has 0 aliphatic carbocycles. The molecule has 0 saturated carbocycles. The Morgan fingerprint density at radius 1 is 1.41 bits per heavy atom. The van der Waals surface area contributed by atoms with Crippen LogP contribution < -0.4 is 16.4 Å². The van der Waals surface area contributed by atoms with Crippen LogP contribution in [-0.2, 0) is 0 Å². The molecule has 0 bridgehead atoms. The van der Waals surface area contributed by atoms with Crippen LogP contribution in [0.15, 0.2) is 24.3 Å². The first kappa shape index (κ1) is 13.7.